The Kier molecular flexibility index (Phi) is 2.37. The van der Waals surface area contributed by atoms with E-state index in [0.717, 1.165) is 30.8 Å². The molecule has 0 saturated heterocycles. The fourth-order valence-corrected chi connectivity index (χ4v) is 2.20. The van der Waals surface area contributed by atoms with Crippen LogP contribution in [0.1, 0.15) is 11.1 Å². The normalized spacial score (nSPS) is 14.6. The second kappa shape index (κ2) is 3.89. The van der Waals surface area contributed by atoms with Gasteiger partial charge in [-0.3, -0.25) is 4.68 Å². The lowest BCUT2D eigenvalue weighted by atomic mass is 9.98. The van der Waals surface area contributed by atoms with Crippen LogP contribution in [-0.2, 0) is 24.8 Å². The number of aromatic nitrogens is 2. The predicted molar refractivity (Wildman–Crippen MR) is 66.4 cm³/mol. The first kappa shape index (κ1) is 10.4. The summed E-state index contributed by atoms with van der Waals surface area (Å²) in [7, 11) is 1.85. The van der Waals surface area contributed by atoms with Crippen LogP contribution in [-0.4, -0.2) is 16.4 Å². The lowest BCUT2D eigenvalue weighted by Crippen LogP contribution is -2.09. The van der Waals surface area contributed by atoms with Crippen molar-refractivity contribution in [3.05, 3.63) is 35.5 Å². The van der Waals surface area contributed by atoms with Crippen LogP contribution in [0, 0.1) is 0 Å². The molecular weight excluding hydrogens is 214 g/mol. The molecule has 0 spiro atoms. The Morgan fingerprint density at radius 2 is 2.24 bits per heavy atom. The fraction of sp³-hybridized carbons (Fsp3) is 0.308. The molecule has 1 aliphatic heterocycles. The largest absolute Gasteiger partial charge is 0.383 e. The zero-order valence-electron chi connectivity index (χ0n) is 9.81. The molecule has 2 N–H and O–H groups in total. The Balaban J connectivity index is 2.07. The molecule has 0 unspecified atom stereocenters. The molecular formula is C13H15N3O. The highest BCUT2D eigenvalue weighted by Gasteiger charge is 2.13. The average Bonchev–Trinajstić information content (AvgIpc) is 2.70. The molecule has 4 nitrogen and oxygen atoms in total. The van der Waals surface area contributed by atoms with Crippen LogP contribution >= 0.6 is 0 Å². The number of nitrogens with two attached hydrogens (primary N) is 1. The molecule has 0 aliphatic carbocycles. The van der Waals surface area contributed by atoms with Crippen LogP contribution in [0.2, 0.25) is 0 Å². The van der Waals surface area contributed by atoms with E-state index in [1.807, 2.05) is 13.2 Å². The van der Waals surface area contributed by atoms with E-state index in [-0.39, 0.29) is 0 Å². The minimum absolute atomic E-state index is 0.706. The Bertz CT molecular complexity index is 560. The molecule has 88 valence electrons. The van der Waals surface area contributed by atoms with Gasteiger partial charge in [0.1, 0.15) is 5.82 Å². The number of ether oxygens (including phenoxy) is 1. The monoisotopic (exact) mass is 229 g/mol. The Labute approximate surface area is 100 Å². The fourth-order valence-electron chi connectivity index (χ4n) is 2.20. The van der Waals surface area contributed by atoms with Gasteiger partial charge in [0.25, 0.3) is 0 Å². The molecule has 0 fully saturated rings. The van der Waals surface area contributed by atoms with Crippen molar-refractivity contribution in [3.63, 3.8) is 0 Å². The van der Waals surface area contributed by atoms with Crippen LogP contribution in [0.15, 0.2) is 24.4 Å². The first-order valence-corrected chi connectivity index (χ1v) is 5.73. The number of rotatable bonds is 1. The zero-order valence-corrected chi connectivity index (χ0v) is 9.81. The highest BCUT2D eigenvalue weighted by atomic mass is 16.5. The minimum atomic E-state index is 0.706. The van der Waals surface area contributed by atoms with Gasteiger partial charge in [0, 0.05) is 12.6 Å². The molecule has 1 aliphatic rings. The molecule has 0 saturated carbocycles. The molecule has 1 aromatic heterocycles. The number of hydrogen-bond donors (Lipinski definition) is 1. The zero-order chi connectivity index (χ0) is 11.8. The van der Waals surface area contributed by atoms with Crippen LogP contribution < -0.4 is 5.73 Å². The molecule has 0 radical (unpaired) electrons. The molecule has 17 heavy (non-hydrogen) atoms. The van der Waals surface area contributed by atoms with Gasteiger partial charge in [0.2, 0.25) is 0 Å². The summed E-state index contributed by atoms with van der Waals surface area (Å²) < 4.78 is 7.12. The van der Waals surface area contributed by atoms with Crippen LogP contribution in [0.5, 0.6) is 0 Å². The van der Waals surface area contributed by atoms with Crippen molar-refractivity contribution in [2.24, 2.45) is 7.05 Å². The van der Waals surface area contributed by atoms with Crippen molar-refractivity contribution in [2.45, 2.75) is 13.0 Å². The maximum Gasteiger partial charge on any atom is 0.129 e. The number of hydrogen-bond acceptors (Lipinski definition) is 3. The molecule has 1 aromatic carbocycles. The molecule has 3 rings (SSSR count). The van der Waals surface area contributed by atoms with E-state index in [1.54, 1.807) is 4.68 Å². The third-order valence-electron chi connectivity index (χ3n) is 3.28. The van der Waals surface area contributed by atoms with Crippen LogP contribution in [0.25, 0.3) is 11.1 Å². The van der Waals surface area contributed by atoms with Gasteiger partial charge in [-0.25, -0.2) is 0 Å². The van der Waals surface area contributed by atoms with E-state index in [4.69, 9.17) is 10.5 Å². The standard InChI is InChI=1S/C13H15N3O/c1-16-13(14)12(7-15-16)10-2-3-11-8-17-5-4-9(11)6-10/h2-3,6-7H,4-5,8,14H2,1H3. The predicted octanol–water partition coefficient (Wildman–Crippen LogP) is 1.74. The average molecular weight is 229 g/mol. The summed E-state index contributed by atoms with van der Waals surface area (Å²) in [4.78, 5) is 0. The van der Waals surface area contributed by atoms with Crippen molar-refractivity contribution in [2.75, 3.05) is 12.3 Å². The van der Waals surface area contributed by atoms with Gasteiger partial charge in [-0.2, -0.15) is 5.10 Å². The number of anilines is 1. The van der Waals surface area contributed by atoms with Gasteiger partial charge in [-0.05, 0) is 23.1 Å². The highest BCUT2D eigenvalue weighted by molar-refractivity contribution is 5.74. The van der Waals surface area contributed by atoms with E-state index >= 15 is 0 Å². The van der Waals surface area contributed by atoms with E-state index in [0.29, 0.717) is 5.82 Å². The van der Waals surface area contributed by atoms with Gasteiger partial charge in [0.05, 0.1) is 19.4 Å². The van der Waals surface area contributed by atoms with Crippen molar-refractivity contribution in [3.8, 4) is 11.1 Å². The first-order valence-electron chi connectivity index (χ1n) is 5.73. The number of nitrogen functional groups attached to an aromatic ring is 1. The van der Waals surface area contributed by atoms with Gasteiger partial charge in [-0.1, -0.05) is 18.2 Å². The quantitative estimate of drug-likeness (QED) is 0.810. The Morgan fingerprint density at radius 1 is 1.35 bits per heavy atom. The molecule has 4 heteroatoms. The van der Waals surface area contributed by atoms with Gasteiger partial charge in [-0.15, -0.1) is 0 Å². The summed E-state index contributed by atoms with van der Waals surface area (Å²) in [6.45, 7) is 1.52. The first-order chi connectivity index (χ1) is 8.25. The lowest BCUT2D eigenvalue weighted by molar-refractivity contribution is 0.111. The van der Waals surface area contributed by atoms with E-state index in [1.165, 1.54) is 11.1 Å². The maximum absolute atomic E-state index is 5.99. The third kappa shape index (κ3) is 1.70. The molecule has 0 atom stereocenters. The van der Waals surface area contributed by atoms with Gasteiger partial charge < -0.3 is 10.5 Å². The van der Waals surface area contributed by atoms with Crippen molar-refractivity contribution in [1.82, 2.24) is 9.78 Å². The van der Waals surface area contributed by atoms with Crippen LogP contribution in [0.4, 0.5) is 5.82 Å². The number of nitrogens with zero attached hydrogens (tertiary/aromatic N) is 2. The van der Waals surface area contributed by atoms with Crippen molar-refractivity contribution in [1.29, 1.82) is 0 Å². The Morgan fingerprint density at radius 3 is 3.00 bits per heavy atom. The van der Waals surface area contributed by atoms with Crippen molar-refractivity contribution < 1.29 is 4.74 Å². The molecule has 2 heterocycles. The van der Waals surface area contributed by atoms with E-state index in [2.05, 4.69) is 23.3 Å². The summed E-state index contributed by atoms with van der Waals surface area (Å²) in [5.74, 6) is 0.706. The van der Waals surface area contributed by atoms with Crippen LogP contribution in [0.3, 0.4) is 0 Å². The van der Waals surface area contributed by atoms with Gasteiger partial charge >= 0.3 is 0 Å². The van der Waals surface area contributed by atoms with E-state index < -0.39 is 0 Å². The summed E-state index contributed by atoms with van der Waals surface area (Å²) in [6, 6.07) is 6.41. The smallest absolute Gasteiger partial charge is 0.129 e. The summed E-state index contributed by atoms with van der Waals surface area (Å²) in [5, 5.41) is 4.17. The maximum atomic E-state index is 5.99. The Hall–Kier alpha value is -1.81. The minimum Gasteiger partial charge on any atom is -0.383 e. The molecule has 2 aromatic rings. The summed E-state index contributed by atoms with van der Waals surface area (Å²) in [6.07, 6.45) is 2.79. The molecule has 0 bridgehead atoms. The van der Waals surface area contributed by atoms with Gasteiger partial charge in [0.15, 0.2) is 0 Å². The number of aryl methyl sites for hydroxylation is 1. The topological polar surface area (TPSA) is 53.1 Å². The van der Waals surface area contributed by atoms with Crippen molar-refractivity contribution >= 4 is 5.82 Å². The SMILES string of the molecule is Cn1ncc(-c2ccc3c(c2)CCOC3)c1N. The number of fused-ring (bicyclic) bond motifs is 1. The van der Waals surface area contributed by atoms with E-state index in [9.17, 15) is 0 Å². The highest BCUT2D eigenvalue weighted by Crippen LogP contribution is 2.28. The molecule has 0 amide bonds. The summed E-state index contributed by atoms with van der Waals surface area (Å²) in [5.41, 5.74) is 10.8. The lowest BCUT2D eigenvalue weighted by Gasteiger charge is -2.17. The number of benzene rings is 1. The summed E-state index contributed by atoms with van der Waals surface area (Å²) >= 11 is 0. The third-order valence-corrected chi connectivity index (χ3v) is 3.28. The second-order valence-electron chi connectivity index (χ2n) is 4.35. The second-order valence-corrected chi connectivity index (χ2v) is 4.35.